The molecule has 0 aliphatic carbocycles. The Hall–Kier alpha value is -1.21. The molecule has 0 atom stereocenters. The van der Waals surface area contributed by atoms with E-state index in [1.807, 2.05) is 40.6 Å². The second-order valence-electron chi connectivity index (χ2n) is 5.19. The van der Waals surface area contributed by atoms with Crippen molar-refractivity contribution in [3.8, 4) is 11.4 Å². The first-order valence-electron chi connectivity index (χ1n) is 6.96. The lowest BCUT2D eigenvalue weighted by molar-refractivity contribution is -0.930. The van der Waals surface area contributed by atoms with Gasteiger partial charge in [-0.1, -0.05) is 11.6 Å². The monoisotopic (exact) mass is 325 g/mol. The van der Waals surface area contributed by atoms with Crippen molar-refractivity contribution in [2.45, 2.75) is 6.67 Å². The number of quaternary nitrogens is 1. The Labute approximate surface area is 133 Å². The van der Waals surface area contributed by atoms with Crippen molar-refractivity contribution in [1.29, 1.82) is 0 Å². The lowest BCUT2D eigenvalue weighted by atomic mass is 10.2. The average molecular weight is 326 g/mol. The van der Waals surface area contributed by atoms with Crippen molar-refractivity contribution in [3.63, 3.8) is 0 Å². The molecular formula is C14H18ClN4OS+. The van der Waals surface area contributed by atoms with Gasteiger partial charge in [0.1, 0.15) is 13.1 Å². The summed E-state index contributed by atoms with van der Waals surface area (Å²) in [6.07, 6.45) is 0. The summed E-state index contributed by atoms with van der Waals surface area (Å²) in [5.74, 6) is 0.865. The van der Waals surface area contributed by atoms with Gasteiger partial charge in [0.25, 0.3) is 0 Å². The fourth-order valence-corrected chi connectivity index (χ4v) is 2.79. The summed E-state index contributed by atoms with van der Waals surface area (Å²) >= 11 is 11.4. The predicted octanol–water partition coefficient (Wildman–Crippen LogP) is 1.14. The van der Waals surface area contributed by atoms with Crippen molar-refractivity contribution in [2.24, 2.45) is 7.05 Å². The number of nitrogens with zero attached hydrogens (tertiary/aromatic N) is 3. The molecule has 21 heavy (non-hydrogen) atoms. The van der Waals surface area contributed by atoms with Gasteiger partial charge in [0.15, 0.2) is 12.5 Å². The lowest BCUT2D eigenvalue weighted by Crippen LogP contribution is -3.13. The number of ether oxygens (including phenoxy) is 1. The smallest absolute Gasteiger partial charge is 0.202 e. The quantitative estimate of drug-likeness (QED) is 0.860. The molecule has 5 nitrogen and oxygen atoms in total. The van der Waals surface area contributed by atoms with Crippen LogP contribution in [-0.4, -0.2) is 40.7 Å². The van der Waals surface area contributed by atoms with Crippen LogP contribution in [0.2, 0.25) is 5.02 Å². The van der Waals surface area contributed by atoms with Crippen LogP contribution in [-0.2, 0) is 18.5 Å². The van der Waals surface area contributed by atoms with E-state index >= 15 is 0 Å². The van der Waals surface area contributed by atoms with E-state index in [1.54, 1.807) is 0 Å². The zero-order valence-electron chi connectivity index (χ0n) is 11.9. The highest BCUT2D eigenvalue weighted by Crippen LogP contribution is 2.19. The maximum atomic E-state index is 5.94. The largest absolute Gasteiger partial charge is 0.370 e. The zero-order valence-corrected chi connectivity index (χ0v) is 13.5. The first-order valence-corrected chi connectivity index (χ1v) is 7.75. The molecule has 1 aliphatic heterocycles. The molecule has 0 amide bonds. The molecule has 112 valence electrons. The van der Waals surface area contributed by atoms with Gasteiger partial charge in [-0.05, 0) is 36.5 Å². The van der Waals surface area contributed by atoms with Gasteiger partial charge in [-0.15, -0.1) is 5.10 Å². The maximum absolute atomic E-state index is 5.94. The Morgan fingerprint density at radius 1 is 1.29 bits per heavy atom. The SMILES string of the molecule is Cn1c(-c2ccc(Cl)cc2)nn(C[NH+]2CCOCC2)c1=S. The number of aromatic nitrogens is 3. The van der Waals surface area contributed by atoms with Crippen molar-refractivity contribution in [3.05, 3.63) is 34.1 Å². The molecule has 0 bridgehead atoms. The predicted molar refractivity (Wildman–Crippen MR) is 84.0 cm³/mol. The molecule has 0 spiro atoms. The second kappa shape index (κ2) is 6.27. The fraction of sp³-hybridized carbons (Fsp3) is 0.429. The van der Waals surface area contributed by atoms with E-state index in [4.69, 9.17) is 28.6 Å². The molecule has 1 aromatic carbocycles. The summed E-state index contributed by atoms with van der Waals surface area (Å²) in [6.45, 7) is 4.38. The standard InChI is InChI=1S/C14H17ClN4OS/c1-17-13(11-2-4-12(15)5-3-11)16-19(14(17)21)10-18-6-8-20-9-7-18/h2-5H,6-10H2,1H3/p+1. The van der Waals surface area contributed by atoms with Gasteiger partial charge >= 0.3 is 0 Å². The molecular weight excluding hydrogens is 308 g/mol. The molecule has 1 saturated heterocycles. The fourth-order valence-electron chi connectivity index (χ4n) is 2.47. The number of benzene rings is 1. The van der Waals surface area contributed by atoms with Crippen LogP contribution >= 0.6 is 23.8 Å². The van der Waals surface area contributed by atoms with Gasteiger partial charge in [0, 0.05) is 17.6 Å². The molecule has 2 heterocycles. The van der Waals surface area contributed by atoms with Gasteiger partial charge in [-0.3, -0.25) is 0 Å². The van der Waals surface area contributed by atoms with E-state index in [0.29, 0.717) is 0 Å². The first-order chi connectivity index (χ1) is 10.1. The normalized spacial score (nSPS) is 16.3. The third-order valence-electron chi connectivity index (χ3n) is 3.72. The highest BCUT2D eigenvalue weighted by molar-refractivity contribution is 7.71. The second-order valence-corrected chi connectivity index (χ2v) is 5.99. The summed E-state index contributed by atoms with van der Waals surface area (Å²) in [5.41, 5.74) is 1.02. The first kappa shape index (κ1) is 14.7. The van der Waals surface area contributed by atoms with Gasteiger partial charge in [-0.25, -0.2) is 0 Å². The van der Waals surface area contributed by atoms with Gasteiger partial charge in [0.2, 0.25) is 4.77 Å². The minimum absolute atomic E-state index is 0.720. The van der Waals surface area contributed by atoms with Crippen molar-refractivity contribution >= 4 is 23.8 Å². The van der Waals surface area contributed by atoms with E-state index < -0.39 is 0 Å². The molecule has 1 N–H and O–H groups in total. The molecule has 1 aliphatic rings. The van der Waals surface area contributed by atoms with Crippen LogP contribution in [0.3, 0.4) is 0 Å². The number of hydrogen-bond acceptors (Lipinski definition) is 3. The highest BCUT2D eigenvalue weighted by Gasteiger charge is 2.17. The molecule has 1 fully saturated rings. The number of nitrogens with one attached hydrogen (secondary N) is 1. The van der Waals surface area contributed by atoms with Crippen molar-refractivity contribution in [1.82, 2.24) is 14.3 Å². The Bertz CT molecular complexity index is 673. The Kier molecular flexibility index (Phi) is 4.40. The number of morpholine rings is 1. The van der Waals surface area contributed by atoms with Crippen LogP contribution in [0, 0.1) is 4.77 Å². The number of halogens is 1. The Balaban J connectivity index is 1.88. The van der Waals surface area contributed by atoms with E-state index in [2.05, 4.69) is 5.10 Å². The van der Waals surface area contributed by atoms with Crippen LogP contribution in [0.1, 0.15) is 0 Å². The summed E-state index contributed by atoms with van der Waals surface area (Å²) in [7, 11) is 1.95. The van der Waals surface area contributed by atoms with Crippen LogP contribution in [0.15, 0.2) is 24.3 Å². The molecule has 7 heteroatoms. The average Bonchev–Trinajstić information content (AvgIpc) is 2.78. The molecule has 0 radical (unpaired) electrons. The lowest BCUT2D eigenvalue weighted by Gasteiger charge is -2.23. The zero-order chi connectivity index (χ0) is 14.8. The van der Waals surface area contributed by atoms with Gasteiger partial charge < -0.3 is 14.2 Å². The van der Waals surface area contributed by atoms with Crippen LogP contribution < -0.4 is 4.90 Å². The Morgan fingerprint density at radius 3 is 2.62 bits per heavy atom. The van der Waals surface area contributed by atoms with Crippen molar-refractivity contribution < 1.29 is 9.64 Å². The van der Waals surface area contributed by atoms with E-state index in [1.165, 1.54) is 4.90 Å². The van der Waals surface area contributed by atoms with Gasteiger partial charge in [0.05, 0.1) is 13.2 Å². The van der Waals surface area contributed by atoms with E-state index in [9.17, 15) is 0 Å². The van der Waals surface area contributed by atoms with Crippen LogP contribution in [0.5, 0.6) is 0 Å². The van der Waals surface area contributed by atoms with E-state index in [0.717, 1.165) is 54.2 Å². The van der Waals surface area contributed by atoms with Crippen LogP contribution in [0.25, 0.3) is 11.4 Å². The highest BCUT2D eigenvalue weighted by atomic mass is 35.5. The summed E-state index contributed by atoms with van der Waals surface area (Å²) in [6, 6.07) is 7.66. The van der Waals surface area contributed by atoms with Gasteiger partial charge in [-0.2, -0.15) is 4.68 Å². The van der Waals surface area contributed by atoms with E-state index in [-0.39, 0.29) is 0 Å². The molecule has 1 aromatic heterocycles. The molecule has 0 unspecified atom stereocenters. The third kappa shape index (κ3) is 3.18. The molecule has 2 aromatic rings. The number of hydrogen-bond donors (Lipinski definition) is 1. The summed E-state index contributed by atoms with van der Waals surface area (Å²) in [5, 5.41) is 5.39. The maximum Gasteiger partial charge on any atom is 0.202 e. The third-order valence-corrected chi connectivity index (χ3v) is 4.45. The minimum Gasteiger partial charge on any atom is -0.370 e. The summed E-state index contributed by atoms with van der Waals surface area (Å²) < 4.78 is 9.96. The molecule has 3 rings (SSSR count). The van der Waals surface area contributed by atoms with Crippen molar-refractivity contribution in [2.75, 3.05) is 26.3 Å². The van der Waals surface area contributed by atoms with Crippen LogP contribution in [0.4, 0.5) is 0 Å². The summed E-state index contributed by atoms with van der Waals surface area (Å²) in [4.78, 5) is 1.44. The Morgan fingerprint density at radius 2 is 1.95 bits per heavy atom. The minimum atomic E-state index is 0.720. The number of rotatable bonds is 3. The topological polar surface area (TPSA) is 36.4 Å². The molecule has 0 saturated carbocycles.